The maximum Gasteiger partial charge on any atom is 0.245 e. The van der Waals surface area contributed by atoms with E-state index in [1.165, 1.54) is 20.9 Å². The van der Waals surface area contributed by atoms with Gasteiger partial charge in [0.05, 0.1) is 5.60 Å². The summed E-state index contributed by atoms with van der Waals surface area (Å²) >= 11 is 0. The van der Waals surface area contributed by atoms with Crippen molar-refractivity contribution in [2.45, 2.75) is 31.3 Å². The number of likely N-dealkylation sites (N-methyl/N-ethyl adjacent to an activating group) is 1. The number of nitrogen functional groups attached to an aromatic ring is 1. The van der Waals surface area contributed by atoms with E-state index < -0.39 is 26.3 Å². The first-order valence-electron chi connectivity index (χ1n) is 5.69. The van der Waals surface area contributed by atoms with Gasteiger partial charge in [0.1, 0.15) is 10.7 Å². The fraction of sp³-hybridized carbons (Fsp3) is 0.500. The normalized spacial score (nSPS) is 13.0. The number of sulfonamides is 1. The predicted molar refractivity (Wildman–Crippen MR) is 71.7 cm³/mol. The lowest BCUT2D eigenvalue weighted by Crippen LogP contribution is -2.40. The van der Waals surface area contributed by atoms with Crippen LogP contribution in [0.5, 0.6) is 0 Å². The van der Waals surface area contributed by atoms with Crippen LogP contribution in [-0.4, -0.2) is 37.0 Å². The third-order valence-electron chi connectivity index (χ3n) is 2.62. The van der Waals surface area contributed by atoms with Gasteiger partial charge in [0.2, 0.25) is 10.0 Å². The van der Waals surface area contributed by atoms with Crippen molar-refractivity contribution < 1.29 is 17.9 Å². The van der Waals surface area contributed by atoms with Crippen LogP contribution in [0.1, 0.15) is 19.4 Å². The quantitative estimate of drug-likeness (QED) is 0.814. The molecule has 108 valence electrons. The van der Waals surface area contributed by atoms with E-state index in [0.29, 0.717) is 5.56 Å². The second kappa shape index (κ2) is 5.07. The van der Waals surface area contributed by atoms with Crippen molar-refractivity contribution in [3.8, 4) is 0 Å². The molecule has 0 aromatic heterocycles. The molecule has 0 atom stereocenters. The predicted octanol–water partition coefficient (Wildman–Crippen LogP) is 1.11. The molecule has 0 spiro atoms. The highest BCUT2D eigenvalue weighted by molar-refractivity contribution is 7.89. The molecule has 3 N–H and O–H groups in total. The molecule has 7 heteroatoms. The summed E-state index contributed by atoms with van der Waals surface area (Å²) in [7, 11) is -2.74. The van der Waals surface area contributed by atoms with E-state index in [-0.39, 0.29) is 12.2 Å². The number of rotatable bonds is 4. The Morgan fingerprint density at radius 3 is 2.42 bits per heavy atom. The number of hydrogen-bond acceptors (Lipinski definition) is 4. The second-order valence-electron chi connectivity index (χ2n) is 5.21. The summed E-state index contributed by atoms with van der Waals surface area (Å²) in [6.07, 6.45) is 0. The van der Waals surface area contributed by atoms with Crippen LogP contribution in [0.4, 0.5) is 10.1 Å². The van der Waals surface area contributed by atoms with Crippen molar-refractivity contribution in [2.75, 3.05) is 19.3 Å². The molecule has 0 saturated heterocycles. The number of hydrogen-bond donors (Lipinski definition) is 2. The minimum Gasteiger partial charge on any atom is -0.398 e. The van der Waals surface area contributed by atoms with E-state index in [4.69, 9.17) is 5.73 Å². The Labute approximate surface area is 112 Å². The van der Waals surface area contributed by atoms with Crippen LogP contribution in [-0.2, 0) is 10.0 Å². The number of aliphatic hydroxyl groups is 1. The van der Waals surface area contributed by atoms with Gasteiger partial charge in [0, 0.05) is 19.3 Å². The molecule has 19 heavy (non-hydrogen) atoms. The highest BCUT2D eigenvalue weighted by Crippen LogP contribution is 2.24. The molecule has 0 bridgehead atoms. The molecule has 0 radical (unpaired) electrons. The van der Waals surface area contributed by atoms with Crippen molar-refractivity contribution >= 4 is 15.7 Å². The van der Waals surface area contributed by atoms with E-state index in [1.807, 2.05) is 0 Å². The van der Waals surface area contributed by atoms with Gasteiger partial charge >= 0.3 is 0 Å². The lowest BCUT2D eigenvalue weighted by Gasteiger charge is -2.25. The van der Waals surface area contributed by atoms with Gasteiger partial charge in [-0.1, -0.05) is 0 Å². The average molecular weight is 290 g/mol. The van der Waals surface area contributed by atoms with Crippen LogP contribution in [0.15, 0.2) is 17.0 Å². The van der Waals surface area contributed by atoms with Crippen molar-refractivity contribution in [2.24, 2.45) is 0 Å². The molecule has 5 nitrogen and oxygen atoms in total. The van der Waals surface area contributed by atoms with Crippen LogP contribution < -0.4 is 5.73 Å². The number of halogens is 1. The Balaban J connectivity index is 3.25. The summed E-state index contributed by atoms with van der Waals surface area (Å²) in [4.78, 5) is -0.484. The molecule has 0 aliphatic heterocycles. The lowest BCUT2D eigenvalue weighted by atomic mass is 10.1. The molecular weight excluding hydrogens is 271 g/mol. The number of nitrogens with two attached hydrogens (primary N) is 1. The highest BCUT2D eigenvalue weighted by atomic mass is 32.2. The van der Waals surface area contributed by atoms with Crippen molar-refractivity contribution in [3.63, 3.8) is 0 Å². The van der Waals surface area contributed by atoms with E-state index >= 15 is 0 Å². The Morgan fingerprint density at radius 2 is 1.95 bits per heavy atom. The molecule has 1 rings (SSSR count). The first kappa shape index (κ1) is 15.9. The summed E-state index contributed by atoms with van der Waals surface area (Å²) in [6, 6.07) is 2.18. The Bertz CT molecular complexity index is 579. The second-order valence-corrected chi connectivity index (χ2v) is 7.23. The third kappa shape index (κ3) is 3.65. The maximum atomic E-state index is 13.8. The van der Waals surface area contributed by atoms with E-state index in [9.17, 15) is 17.9 Å². The smallest absolute Gasteiger partial charge is 0.245 e. The van der Waals surface area contributed by atoms with Gasteiger partial charge in [-0.15, -0.1) is 0 Å². The zero-order chi connectivity index (χ0) is 15.0. The minimum atomic E-state index is -4.02. The maximum absolute atomic E-state index is 13.8. The monoisotopic (exact) mass is 290 g/mol. The molecule has 0 aliphatic carbocycles. The molecule has 0 aliphatic rings. The van der Waals surface area contributed by atoms with Crippen LogP contribution in [0, 0.1) is 12.7 Å². The minimum absolute atomic E-state index is 0.150. The average Bonchev–Trinajstić information content (AvgIpc) is 2.20. The summed E-state index contributed by atoms with van der Waals surface area (Å²) in [5, 5.41) is 9.64. The topological polar surface area (TPSA) is 83.6 Å². The summed E-state index contributed by atoms with van der Waals surface area (Å²) in [5.41, 5.74) is 5.08. The van der Waals surface area contributed by atoms with Crippen LogP contribution in [0.2, 0.25) is 0 Å². The lowest BCUT2D eigenvalue weighted by molar-refractivity contribution is 0.0639. The van der Waals surface area contributed by atoms with Crippen LogP contribution in [0.25, 0.3) is 0 Å². The van der Waals surface area contributed by atoms with Gasteiger partial charge in [0.15, 0.2) is 0 Å². The van der Waals surface area contributed by atoms with Gasteiger partial charge in [-0.05, 0) is 38.5 Å². The fourth-order valence-electron chi connectivity index (χ4n) is 1.66. The van der Waals surface area contributed by atoms with E-state index in [2.05, 4.69) is 0 Å². The van der Waals surface area contributed by atoms with Gasteiger partial charge < -0.3 is 10.8 Å². The number of anilines is 1. The molecule has 0 heterocycles. The third-order valence-corrected chi connectivity index (χ3v) is 4.44. The summed E-state index contributed by atoms with van der Waals surface area (Å²) in [6.45, 7) is 4.38. The van der Waals surface area contributed by atoms with Gasteiger partial charge in [-0.25, -0.2) is 12.8 Å². The van der Waals surface area contributed by atoms with E-state index in [1.54, 1.807) is 6.92 Å². The highest BCUT2D eigenvalue weighted by Gasteiger charge is 2.29. The molecule has 0 saturated carbocycles. The summed E-state index contributed by atoms with van der Waals surface area (Å²) in [5.74, 6) is -0.853. The Morgan fingerprint density at radius 1 is 1.42 bits per heavy atom. The SMILES string of the molecule is Cc1cc(F)c(S(=O)(=O)N(C)CC(C)(C)O)cc1N. The van der Waals surface area contributed by atoms with Gasteiger partial charge in [-0.2, -0.15) is 4.31 Å². The fourth-order valence-corrected chi connectivity index (χ4v) is 3.07. The number of nitrogens with zero attached hydrogens (tertiary/aromatic N) is 1. The molecule has 0 amide bonds. The first-order valence-corrected chi connectivity index (χ1v) is 7.13. The molecule has 0 fully saturated rings. The Kier molecular flexibility index (Phi) is 4.23. The number of benzene rings is 1. The largest absolute Gasteiger partial charge is 0.398 e. The molecule has 1 aromatic rings. The Hall–Kier alpha value is -1.18. The van der Waals surface area contributed by atoms with Crippen molar-refractivity contribution in [3.05, 3.63) is 23.5 Å². The zero-order valence-electron chi connectivity index (χ0n) is 11.4. The van der Waals surface area contributed by atoms with Crippen LogP contribution in [0.3, 0.4) is 0 Å². The van der Waals surface area contributed by atoms with Gasteiger partial charge in [0.25, 0.3) is 0 Å². The first-order chi connectivity index (χ1) is 8.45. The molecular formula is C12H19FN2O3S. The van der Waals surface area contributed by atoms with Crippen LogP contribution >= 0.6 is 0 Å². The van der Waals surface area contributed by atoms with Crippen molar-refractivity contribution in [1.82, 2.24) is 4.31 Å². The molecule has 1 aromatic carbocycles. The van der Waals surface area contributed by atoms with Crippen molar-refractivity contribution in [1.29, 1.82) is 0 Å². The zero-order valence-corrected chi connectivity index (χ0v) is 12.3. The van der Waals surface area contributed by atoms with E-state index in [0.717, 1.165) is 16.4 Å². The number of aryl methyl sites for hydroxylation is 1. The summed E-state index contributed by atoms with van der Waals surface area (Å²) < 4.78 is 39.1. The standard InChI is InChI=1S/C12H19FN2O3S/c1-8-5-9(13)11(6-10(8)14)19(17,18)15(4)7-12(2,3)16/h5-6,16H,7,14H2,1-4H3. The molecule has 0 unspecified atom stereocenters. The van der Waals surface area contributed by atoms with Gasteiger partial charge in [-0.3, -0.25) is 0 Å².